The number of benzene rings is 2. The summed E-state index contributed by atoms with van der Waals surface area (Å²) in [6, 6.07) is 23.7. The van der Waals surface area contributed by atoms with Crippen LogP contribution in [0.4, 0.5) is 19.0 Å². The van der Waals surface area contributed by atoms with Gasteiger partial charge >= 0.3 is 6.18 Å². The molecule has 0 aliphatic carbocycles. The lowest BCUT2D eigenvalue weighted by molar-refractivity contribution is -0.929. The number of halogens is 3. The van der Waals surface area contributed by atoms with Crippen molar-refractivity contribution in [2.75, 3.05) is 31.5 Å². The number of alkyl halides is 3. The Morgan fingerprint density at radius 3 is 2.18 bits per heavy atom. The Balaban J connectivity index is 1.20. The Bertz CT molecular complexity index is 1360. The minimum atomic E-state index is -4.47. The lowest BCUT2D eigenvalue weighted by atomic mass is 9.96. The third kappa shape index (κ3) is 5.18. The zero-order valence-electron chi connectivity index (χ0n) is 21.1. The van der Waals surface area contributed by atoms with Crippen LogP contribution in [-0.4, -0.2) is 52.9 Å². The number of thiophene rings is 1. The molecule has 1 fully saturated rings. The van der Waals surface area contributed by atoms with Crippen LogP contribution in [0.1, 0.15) is 51.0 Å². The molecule has 2 N–H and O–H groups in total. The van der Waals surface area contributed by atoms with E-state index in [9.17, 15) is 18.0 Å². The van der Waals surface area contributed by atoms with Crippen molar-refractivity contribution in [3.05, 3.63) is 106 Å². The second kappa shape index (κ2) is 10.5. The number of carbonyl (C=O) groups is 1. The van der Waals surface area contributed by atoms with Crippen molar-refractivity contribution in [1.29, 1.82) is 0 Å². The number of rotatable bonds is 5. The number of nitrogens with zero attached hydrogens (tertiary/aromatic N) is 3. The molecular formula is C29H29F3N5OS+. The topological polar surface area (TPSA) is 54.6 Å². The second-order valence-corrected chi connectivity index (χ2v) is 11.0. The fraction of sp³-hybridized carbons (Fsp3) is 0.310. The maximum absolute atomic E-state index is 14.0. The molecule has 2 aromatic heterocycles. The molecule has 10 heteroatoms. The minimum Gasteiger partial charge on any atom is -0.363 e. The Kier molecular flexibility index (Phi) is 6.90. The molecule has 4 heterocycles. The molecule has 6 nitrogen and oxygen atoms in total. The van der Waals surface area contributed by atoms with Crippen molar-refractivity contribution >= 4 is 23.1 Å². The number of piperazine rings is 1. The number of carbonyl (C=O) groups excluding carboxylic acids is 1. The molecule has 2 aliphatic rings. The lowest BCUT2D eigenvalue weighted by Crippen LogP contribution is -3.15. The van der Waals surface area contributed by atoms with Crippen LogP contribution in [0.25, 0.3) is 0 Å². The van der Waals surface area contributed by atoms with E-state index < -0.39 is 18.3 Å². The molecule has 6 rings (SSSR count). The molecular weight excluding hydrogens is 523 g/mol. The third-order valence-electron chi connectivity index (χ3n) is 7.66. The molecule has 2 aromatic carbocycles. The monoisotopic (exact) mass is 552 g/mol. The number of fused-ring (bicyclic) bond motifs is 1. The fourth-order valence-corrected chi connectivity index (χ4v) is 6.55. The predicted molar refractivity (Wildman–Crippen MR) is 144 cm³/mol. The first kappa shape index (κ1) is 25.6. The van der Waals surface area contributed by atoms with E-state index in [1.165, 1.54) is 33.4 Å². The van der Waals surface area contributed by atoms with Crippen LogP contribution in [-0.2, 0) is 0 Å². The third-order valence-corrected chi connectivity index (χ3v) is 8.65. The van der Waals surface area contributed by atoms with Gasteiger partial charge < -0.3 is 15.1 Å². The van der Waals surface area contributed by atoms with Gasteiger partial charge in [-0.05, 0) is 11.4 Å². The maximum atomic E-state index is 14.0. The average Bonchev–Trinajstić information content (AvgIpc) is 3.64. The van der Waals surface area contributed by atoms with E-state index in [0.29, 0.717) is 13.1 Å². The highest BCUT2D eigenvalue weighted by Crippen LogP contribution is 2.44. The maximum Gasteiger partial charge on any atom is 0.410 e. The van der Waals surface area contributed by atoms with Gasteiger partial charge in [0.1, 0.15) is 11.9 Å². The smallest absolute Gasteiger partial charge is 0.363 e. The van der Waals surface area contributed by atoms with Crippen LogP contribution in [0, 0.1) is 0 Å². The molecule has 0 bridgehead atoms. The first-order chi connectivity index (χ1) is 18.9. The van der Waals surface area contributed by atoms with Gasteiger partial charge in [0.15, 0.2) is 11.7 Å². The quantitative estimate of drug-likeness (QED) is 0.376. The van der Waals surface area contributed by atoms with Crippen LogP contribution < -0.4 is 10.2 Å². The standard InChI is InChI=1S/C29H28F3N5OS/c30-29(31,32)25-18-22(24-12-7-17-39-24)33-26-19-23(34-37(25)26)28(38)36-15-13-35(14-16-36)27(20-8-3-1-4-9-20)21-10-5-2-6-11-21/h1-12,17,19,22,25,27,33H,13-16,18H2/p+1. The Hall–Kier alpha value is -3.63. The van der Waals surface area contributed by atoms with Gasteiger partial charge in [0.2, 0.25) is 0 Å². The van der Waals surface area contributed by atoms with Crippen molar-refractivity contribution in [3.63, 3.8) is 0 Å². The van der Waals surface area contributed by atoms with Gasteiger partial charge in [-0.15, -0.1) is 11.3 Å². The molecule has 2 aliphatic heterocycles. The molecule has 4 aromatic rings. The molecule has 2 atom stereocenters. The Morgan fingerprint density at radius 1 is 0.974 bits per heavy atom. The highest BCUT2D eigenvalue weighted by molar-refractivity contribution is 7.10. The number of hydrogen-bond acceptors (Lipinski definition) is 4. The van der Waals surface area contributed by atoms with Crippen LogP contribution >= 0.6 is 11.3 Å². The minimum absolute atomic E-state index is 0.0460. The van der Waals surface area contributed by atoms with Gasteiger partial charge in [0.05, 0.1) is 32.2 Å². The number of amides is 1. The van der Waals surface area contributed by atoms with Crippen LogP contribution in [0.3, 0.4) is 0 Å². The molecule has 2 unspecified atom stereocenters. The highest BCUT2D eigenvalue weighted by atomic mass is 32.1. The van der Waals surface area contributed by atoms with Gasteiger partial charge in [-0.1, -0.05) is 66.7 Å². The van der Waals surface area contributed by atoms with E-state index in [4.69, 9.17) is 0 Å². The molecule has 0 radical (unpaired) electrons. The van der Waals surface area contributed by atoms with E-state index in [0.717, 1.165) is 22.6 Å². The van der Waals surface area contributed by atoms with Crippen LogP contribution in [0.2, 0.25) is 0 Å². The van der Waals surface area contributed by atoms with Crippen LogP contribution in [0.5, 0.6) is 0 Å². The highest BCUT2D eigenvalue weighted by Gasteiger charge is 2.47. The number of hydrogen-bond donors (Lipinski definition) is 2. The Morgan fingerprint density at radius 2 is 1.62 bits per heavy atom. The zero-order valence-corrected chi connectivity index (χ0v) is 22.0. The summed E-state index contributed by atoms with van der Waals surface area (Å²) < 4.78 is 43.0. The van der Waals surface area contributed by atoms with Crippen molar-refractivity contribution in [3.8, 4) is 0 Å². The number of nitrogens with one attached hydrogen (secondary N) is 2. The molecule has 202 valence electrons. The largest absolute Gasteiger partial charge is 0.410 e. The average molecular weight is 553 g/mol. The summed E-state index contributed by atoms with van der Waals surface area (Å²) in [4.78, 5) is 17.3. The predicted octanol–water partition coefficient (Wildman–Crippen LogP) is 4.74. The van der Waals surface area contributed by atoms with E-state index >= 15 is 0 Å². The summed E-state index contributed by atoms with van der Waals surface area (Å²) in [5, 5.41) is 9.20. The van der Waals surface area contributed by atoms with Gasteiger partial charge in [-0.25, -0.2) is 4.68 Å². The SMILES string of the molecule is O=C(c1cc2n(n1)C(C(F)(F)F)CC(c1cccs1)N2)N1CC[NH+](C(c2ccccc2)c2ccccc2)CC1. The number of aromatic nitrogens is 2. The summed E-state index contributed by atoms with van der Waals surface area (Å²) in [5.41, 5.74) is 2.47. The van der Waals surface area contributed by atoms with E-state index in [-0.39, 0.29) is 29.9 Å². The molecule has 0 saturated carbocycles. The van der Waals surface area contributed by atoms with Crippen molar-refractivity contribution in [1.82, 2.24) is 14.7 Å². The van der Waals surface area contributed by atoms with Gasteiger partial charge in [0.25, 0.3) is 5.91 Å². The van der Waals surface area contributed by atoms with Crippen molar-refractivity contribution in [2.24, 2.45) is 0 Å². The van der Waals surface area contributed by atoms with Crippen molar-refractivity contribution < 1.29 is 22.9 Å². The van der Waals surface area contributed by atoms with E-state index in [1.807, 2.05) is 53.9 Å². The normalized spacial score (nSPS) is 20.1. The molecule has 1 amide bonds. The van der Waals surface area contributed by atoms with E-state index in [1.54, 1.807) is 4.90 Å². The van der Waals surface area contributed by atoms with Crippen LogP contribution in [0.15, 0.2) is 84.2 Å². The van der Waals surface area contributed by atoms with E-state index in [2.05, 4.69) is 34.7 Å². The molecule has 0 spiro atoms. The van der Waals surface area contributed by atoms with Gasteiger partial charge in [0, 0.05) is 28.5 Å². The van der Waals surface area contributed by atoms with Gasteiger partial charge in [-0.2, -0.15) is 18.3 Å². The number of anilines is 1. The van der Waals surface area contributed by atoms with Gasteiger partial charge in [-0.3, -0.25) is 4.79 Å². The summed E-state index contributed by atoms with van der Waals surface area (Å²) in [5.74, 6) is -0.106. The molecule has 39 heavy (non-hydrogen) atoms. The zero-order chi connectivity index (χ0) is 27.0. The molecule has 1 saturated heterocycles. The lowest BCUT2D eigenvalue weighted by Gasteiger charge is -2.36. The first-order valence-electron chi connectivity index (χ1n) is 13.1. The summed E-state index contributed by atoms with van der Waals surface area (Å²) >= 11 is 1.41. The number of quaternary nitrogens is 1. The Labute approximate surface area is 228 Å². The summed E-state index contributed by atoms with van der Waals surface area (Å²) in [6.45, 7) is 2.44. The second-order valence-electron chi connectivity index (χ2n) is 10.1. The fourth-order valence-electron chi connectivity index (χ4n) is 5.76. The summed E-state index contributed by atoms with van der Waals surface area (Å²) in [7, 11) is 0. The summed E-state index contributed by atoms with van der Waals surface area (Å²) in [6.07, 6.45) is -4.65. The van der Waals surface area contributed by atoms with Crippen molar-refractivity contribution in [2.45, 2.75) is 30.7 Å². The first-order valence-corrected chi connectivity index (χ1v) is 14.0.